The Morgan fingerprint density at radius 1 is 1.80 bits per heavy atom. The molecule has 0 saturated heterocycles. The Morgan fingerprint density at radius 2 is 2.30 bits per heavy atom. The van der Waals surface area contributed by atoms with Crippen LogP contribution in [-0.4, -0.2) is 17.1 Å². The van der Waals surface area contributed by atoms with Gasteiger partial charge in [-0.1, -0.05) is 5.92 Å². The van der Waals surface area contributed by atoms with E-state index in [0.717, 1.165) is 0 Å². The number of carbonyl (C=O) groups is 1. The van der Waals surface area contributed by atoms with Crippen molar-refractivity contribution in [1.29, 1.82) is 5.26 Å². The monoisotopic (exact) mass is 138 g/mol. The zero-order chi connectivity index (χ0) is 8.15. The number of nitrogens with zero attached hydrogens (tertiary/aromatic N) is 1. The van der Waals surface area contributed by atoms with Crippen LogP contribution in [0, 0.1) is 29.6 Å². The summed E-state index contributed by atoms with van der Waals surface area (Å²) < 4.78 is 0. The predicted octanol–water partition coefficient (Wildman–Crippen LogP) is -0.829. The van der Waals surface area contributed by atoms with E-state index in [0.29, 0.717) is 0 Å². The molecule has 4 nitrogen and oxygen atoms in total. The molecule has 0 radical (unpaired) electrons. The van der Waals surface area contributed by atoms with Crippen LogP contribution >= 0.6 is 0 Å². The molecule has 0 aliphatic heterocycles. The van der Waals surface area contributed by atoms with Gasteiger partial charge in [-0.05, 0) is 0 Å². The van der Waals surface area contributed by atoms with Crippen molar-refractivity contribution in [3.05, 3.63) is 0 Å². The normalized spacial score (nSPS) is 14.3. The standard InChI is InChI=1S/C6H6N2O2/c1-2-4(3-7)5(8)6(9)10/h1,4-5H,8H2,(H,9,10)/t4-,5+/m1/s1. The largest absolute Gasteiger partial charge is 0.480 e. The van der Waals surface area contributed by atoms with Gasteiger partial charge >= 0.3 is 5.97 Å². The van der Waals surface area contributed by atoms with Gasteiger partial charge in [0.1, 0.15) is 12.0 Å². The van der Waals surface area contributed by atoms with E-state index in [4.69, 9.17) is 22.5 Å². The van der Waals surface area contributed by atoms with Crippen LogP contribution in [0.5, 0.6) is 0 Å². The molecule has 10 heavy (non-hydrogen) atoms. The molecule has 0 amide bonds. The molecule has 0 aromatic rings. The number of aliphatic carboxylic acids is 1. The lowest BCUT2D eigenvalue weighted by atomic mass is 10.0. The Morgan fingerprint density at radius 3 is 2.40 bits per heavy atom. The first-order valence-electron chi connectivity index (χ1n) is 2.47. The van der Waals surface area contributed by atoms with E-state index >= 15 is 0 Å². The number of carboxylic acids is 1. The van der Waals surface area contributed by atoms with Crippen molar-refractivity contribution < 1.29 is 9.90 Å². The molecule has 4 heteroatoms. The summed E-state index contributed by atoms with van der Waals surface area (Å²) in [6.45, 7) is 0. The third-order valence-corrected chi connectivity index (χ3v) is 0.963. The first-order chi connectivity index (χ1) is 4.63. The number of carboxylic acid groups (broad SMARTS) is 1. The van der Waals surface area contributed by atoms with Gasteiger partial charge in [0.15, 0.2) is 0 Å². The fourth-order valence-electron chi connectivity index (χ4n) is 0.364. The highest BCUT2D eigenvalue weighted by molar-refractivity contribution is 5.74. The van der Waals surface area contributed by atoms with Gasteiger partial charge in [0.2, 0.25) is 0 Å². The van der Waals surface area contributed by atoms with E-state index < -0.39 is 17.9 Å². The lowest BCUT2D eigenvalue weighted by Crippen LogP contribution is -2.36. The van der Waals surface area contributed by atoms with Crippen LogP contribution in [-0.2, 0) is 4.79 Å². The Kier molecular flexibility index (Phi) is 2.96. The highest BCUT2D eigenvalue weighted by Crippen LogP contribution is 1.96. The third kappa shape index (κ3) is 1.77. The summed E-state index contributed by atoms with van der Waals surface area (Å²) in [5.74, 6) is -0.338. The lowest BCUT2D eigenvalue weighted by Gasteiger charge is -2.04. The van der Waals surface area contributed by atoms with Crippen molar-refractivity contribution in [2.75, 3.05) is 0 Å². The first kappa shape index (κ1) is 8.48. The third-order valence-electron chi connectivity index (χ3n) is 0.963. The van der Waals surface area contributed by atoms with Crippen LogP contribution in [0.1, 0.15) is 0 Å². The summed E-state index contributed by atoms with van der Waals surface area (Å²) in [5.41, 5.74) is 5.02. The maximum atomic E-state index is 10.1. The molecule has 0 heterocycles. The van der Waals surface area contributed by atoms with Gasteiger partial charge in [-0.25, -0.2) is 0 Å². The van der Waals surface area contributed by atoms with Crippen LogP contribution in [0.15, 0.2) is 0 Å². The number of nitrogens with two attached hydrogens (primary N) is 1. The van der Waals surface area contributed by atoms with Crippen LogP contribution in [0.2, 0.25) is 0 Å². The van der Waals surface area contributed by atoms with Crippen LogP contribution in [0.25, 0.3) is 0 Å². The molecule has 0 bridgehead atoms. The maximum Gasteiger partial charge on any atom is 0.322 e. The smallest absolute Gasteiger partial charge is 0.322 e. The number of rotatable bonds is 2. The fourth-order valence-corrected chi connectivity index (χ4v) is 0.364. The van der Waals surface area contributed by atoms with Crippen molar-refractivity contribution in [3.63, 3.8) is 0 Å². The number of terminal acetylenes is 1. The second-order valence-electron chi connectivity index (χ2n) is 1.64. The molecule has 52 valence electrons. The molecular weight excluding hydrogens is 132 g/mol. The topological polar surface area (TPSA) is 87.1 Å². The van der Waals surface area contributed by atoms with Gasteiger partial charge in [0.05, 0.1) is 6.07 Å². The minimum Gasteiger partial charge on any atom is -0.480 e. The molecule has 0 saturated carbocycles. The molecule has 0 fully saturated rings. The molecular formula is C6H6N2O2. The average molecular weight is 138 g/mol. The summed E-state index contributed by atoms with van der Waals surface area (Å²) in [4.78, 5) is 10.1. The highest BCUT2D eigenvalue weighted by Gasteiger charge is 2.21. The molecule has 0 aromatic heterocycles. The zero-order valence-corrected chi connectivity index (χ0v) is 5.11. The Hall–Kier alpha value is -1.52. The molecule has 0 spiro atoms. The number of hydrogen-bond acceptors (Lipinski definition) is 3. The second kappa shape index (κ2) is 3.49. The minimum absolute atomic E-state index is 1.04. The van der Waals surface area contributed by atoms with Gasteiger partial charge in [-0.2, -0.15) is 5.26 Å². The van der Waals surface area contributed by atoms with E-state index in [1.165, 1.54) is 0 Å². The van der Waals surface area contributed by atoms with Gasteiger partial charge in [-0.3, -0.25) is 4.79 Å². The van der Waals surface area contributed by atoms with E-state index in [1.54, 1.807) is 6.07 Å². The van der Waals surface area contributed by atoms with E-state index in [2.05, 4.69) is 0 Å². The molecule has 2 atom stereocenters. The molecule has 3 N–H and O–H groups in total. The Bertz CT molecular complexity index is 197. The quantitative estimate of drug-likeness (QED) is 0.487. The summed E-state index contributed by atoms with van der Waals surface area (Å²) in [6, 6.07) is 0.308. The molecule has 0 rings (SSSR count). The van der Waals surface area contributed by atoms with Gasteiger partial charge < -0.3 is 10.8 Å². The van der Waals surface area contributed by atoms with Crippen LogP contribution < -0.4 is 5.73 Å². The molecule has 0 aliphatic rings. The average Bonchev–Trinajstić information content (AvgIpc) is 1.90. The van der Waals surface area contributed by atoms with Crippen molar-refractivity contribution in [3.8, 4) is 18.4 Å². The Labute approximate surface area is 58.3 Å². The van der Waals surface area contributed by atoms with Crippen molar-refractivity contribution in [2.45, 2.75) is 6.04 Å². The number of nitriles is 1. The summed E-state index contributed by atoms with van der Waals surface area (Å²) >= 11 is 0. The van der Waals surface area contributed by atoms with Crippen molar-refractivity contribution in [2.24, 2.45) is 11.7 Å². The highest BCUT2D eigenvalue weighted by atomic mass is 16.4. The first-order valence-corrected chi connectivity index (χ1v) is 2.47. The van der Waals surface area contributed by atoms with Crippen molar-refractivity contribution >= 4 is 5.97 Å². The fraction of sp³-hybridized carbons (Fsp3) is 0.333. The van der Waals surface area contributed by atoms with Gasteiger partial charge in [-0.15, -0.1) is 6.42 Å². The molecule has 0 aromatic carbocycles. The van der Waals surface area contributed by atoms with E-state index in [-0.39, 0.29) is 0 Å². The number of hydrogen-bond donors (Lipinski definition) is 2. The van der Waals surface area contributed by atoms with Crippen LogP contribution in [0.3, 0.4) is 0 Å². The summed E-state index contributed by atoms with van der Waals surface area (Å²) in [7, 11) is 0. The Balaban J connectivity index is 4.23. The molecule has 0 unspecified atom stereocenters. The van der Waals surface area contributed by atoms with Crippen molar-refractivity contribution in [1.82, 2.24) is 0 Å². The minimum atomic E-state index is -1.28. The summed E-state index contributed by atoms with van der Waals surface area (Å²) in [6.07, 6.45) is 4.81. The van der Waals surface area contributed by atoms with Crippen LogP contribution in [0.4, 0.5) is 0 Å². The second-order valence-corrected chi connectivity index (χ2v) is 1.64. The SMILES string of the molecule is C#C[C@H](C#N)[C@H](N)C(=O)O. The van der Waals surface area contributed by atoms with E-state index in [1.807, 2.05) is 5.92 Å². The zero-order valence-electron chi connectivity index (χ0n) is 5.11. The summed E-state index contributed by atoms with van der Waals surface area (Å²) in [5, 5.41) is 16.5. The maximum absolute atomic E-state index is 10.1. The van der Waals surface area contributed by atoms with Gasteiger partial charge in [0.25, 0.3) is 0 Å². The van der Waals surface area contributed by atoms with Gasteiger partial charge in [0, 0.05) is 0 Å². The molecule has 0 aliphatic carbocycles. The lowest BCUT2D eigenvalue weighted by molar-refractivity contribution is -0.138. The van der Waals surface area contributed by atoms with E-state index in [9.17, 15) is 4.79 Å². The predicted molar refractivity (Wildman–Crippen MR) is 33.5 cm³/mol.